The number of amides is 2. The molecule has 1 fully saturated rings. The van der Waals surface area contributed by atoms with Gasteiger partial charge in [-0.15, -0.1) is 0 Å². The van der Waals surface area contributed by atoms with Crippen LogP contribution in [0.4, 0.5) is 9.59 Å². The van der Waals surface area contributed by atoms with Crippen LogP contribution in [-0.4, -0.2) is 48.0 Å². The van der Waals surface area contributed by atoms with Crippen LogP contribution in [-0.2, 0) is 15.9 Å². The van der Waals surface area contributed by atoms with Gasteiger partial charge in [-0.1, -0.05) is 30.3 Å². The summed E-state index contributed by atoms with van der Waals surface area (Å²) in [6.07, 6.45) is -0.358. The molecule has 0 bridgehead atoms. The first-order valence-corrected chi connectivity index (χ1v) is 7.11. The highest BCUT2D eigenvalue weighted by Gasteiger charge is 2.45. The quantitative estimate of drug-likeness (QED) is 0.855. The highest BCUT2D eigenvalue weighted by atomic mass is 16.6. The van der Waals surface area contributed by atoms with Gasteiger partial charge in [-0.25, -0.2) is 19.6 Å². The average Bonchev–Trinajstić information content (AvgIpc) is 2.44. The first-order chi connectivity index (χ1) is 10.2. The zero-order valence-electron chi connectivity index (χ0n) is 12.3. The predicted molar refractivity (Wildman–Crippen MR) is 76.5 cm³/mol. The predicted octanol–water partition coefficient (Wildman–Crippen LogP) is 2.44. The summed E-state index contributed by atoms with van der Waals surface area (Å²) in [5.41, 5.74) is 1.11. The van der Waals surface area contributed by atoms with Crippen LogP contribution in [0.5, 0.6) is 0 Å². The third kappa shape index (κ3) is 3.45. The minimum Gasteiger partial charge on any atom is -0.448 e. The molecule has 1 aromatic carbocycles. The van der Waals surface area contributed by atoms with E-state index in [1.807, 2.05) is 30.3 Å². The topological polar surface area (TPSA) is 59.1 Å². The number of rotatable bonds is 4. The zero-order valence-corrected chi connectivity index (χ0v) is 12.3. The van der Waals surface area contributed by atoms with Crippen LogP contribution in [0, 0.1) is 0 Å². The number of carbonyl (C=O) groups excluding carboxylic acids is 2. The molecule has 0 radical (unpaired) electrons. The van der Waals surface area contributed by atoms with Crippen molar-refractivity contribution < 1.29 is 19.1 Å². The van der Waals surface area contributed by atoms with E-state index in [-0.39, 0.29) is 19.3 Å². The Morgan fingerprint density at radius 3 is 2.33 bits per heavy atom. The molecule has 0 aromatic heterocycles. The highest BCUT2D eigenvalue weighted by Crippen LogP contribution is 2.24. The number of hydrogen-bond donors (Lipinski definition) is 0. The Bertz CT molecular complexity index is 492. The lowest BCUT2D eigenvalue weighted by Gasteiger charge is -2.48. The lowest BCUT2D eigenvalue weighted by molar-refractivity contribution is -0.119. The van der Waals surface area contributed by atoms with Gasteiger partial charge in [0.25, 0.3) is 0 Å². The van der Waals surface area contributed by atoms with Crippen molar-refractivity contribution >= 4 is 12.2 Å². The molecule has 1 saturated heterocycles. The Kier molecular flexibility index (Phi) is 5.03. The second-order valence-corrected chi connectivity index (χ2v) is 4.67. The largest absolute Gasteiger partial charge is 0.448 e. The normalized spacial score (nSPS) is 17.1. The highest BCUT2D eigenvalue weighted by molar-refractivity contribution is 5.76. The average molecular weight is 292 g/mol. The Morgan fingerprint density at radius 1 is 1.10 bits per heavy atom. The zero-order chi connectivity index (χ0) is 15.2. The molecule has 114 valence electrons. The number of ether oxygens (including phenoxy) is 2. The maximum absolute atomic E-state index is 12.0. The minimum atomic E-state index is -0.519. The van der Waals surface area contributed by atoms with Crippen molar-refractivity contribution in [2.45, 2.75) is 26.3 Å². The van der Waals surface area contributed by atoms with E-state index >= 15 is 0 Å². The van der Waals surface area contributed by atoms with Crippen LogP contribution in [0.25, 0.3) is 0 Å². The first-order valence-electron chi connectivity index (χ1n) is 7.11. The Balaban J connectivity index is 2.04. The van der Waals surface area contributed by atoms with E-state index in [1.165, 1.54) is 10.0 Å². The molecule has 1 unspecified atom stereocenters. The molecule has 21 heavy (non-hydrogen) atoms. The second kappa shape index (κ2) is 6.97. The van der Waals surface area contributed by atoms with E-state index in [0.717, 1.165) is 5.56 Å². The third-order valence-corrected chi connectivity index (χ3v) is 3.24. The van der Waals surface area contributed by atoms with E-state index < -0.39 is 12.2 Å². The molecule has 6 nitrogen and oxygen atoms in total. The number of hydrogen-bond acceptors (Lipinski definition) is 4. The summed E-state index contributed by atoms with van der Waals surface area (Å²) in [5.74, 6) is 0. The summed E-state index contributed by atoms with van der Waals surface area (Å²) < 4.78 is 9.95. The van der Waals surface area contributed by atoms with Crippen LogP contribution in [0.3, 0.4) is 0 Å². The fourth-order valence-corrected chi connectivity index (χ4v) is 2.30. The van der Waals surface area contributed by atoms with E-state index in [1.54, 1.807) is 13.8 Å². The van der Waals surface area contributed by atoms with E-state index in [9.17, 15) is 9.59 Å². The van der Waals surface area contributed by atoms with Gasteiger partial charge in [0.05, 0.1) is 25.8 Å². The smallest absolute Gasteiger partial charge is 0.429 e. The van der Waals surface area contributed by atoms with Gasteiger partial charge in [0.15, 0.2) is 0 Å². The van der Waals surface area contributed by atoms with Crippen LogP contribution >= 0.6 is 0 Å². The fourth-order valence-electron chi connectivity index (χ4n) is 2.30. The maximum Gasteiger partial charge on any atom is 0.429 e. The van der Waals surface area contributed by atoms with Crippen molar-refractivity contribution in [3.8, 4) is 0 Å². The van der Waals surface area contributed by atoms with Gasteiger partial charge in [-0.3, -0.25) is 0 Å². The molecule has 1 heterocycles. The van der Waals surface area contributed by atoms with Gasteiger partial charge in [-0.05, 0) is 25.8 Å². The van der Waals surface area contributed by atoms with Crippen molar-refractivity contribution in [2.75, 3.05) is 19.8 Å². The van der Waals surface area contributed by atoms with Gasteiger partial charge in [0.1, 0.15) is 0 Å². The minimum absolute atomic E-state index is 0.0872. The lowest BCUT2D eigenvalue weighted by Crippen LogP contribution is -2.69. The van der Waals surface area contributed by atoms with Gasteiger partial charge >= 0.3 is 12.2 Å². The molecule has 6 heteroatoms. The summed E-state index contributed by atoms with van der Waals surface area (Å²) >= 11 is 0. The molecule has 1 aliphatic heterocycles. The molecule has 1 atom stereocenters. The van der Waals surface area contributed by atoms with Crippen LogP contribution in [0.2, 0.25) is 0 Å². The number of hydrazine groups is 1. The Morgan fingerprint density at radius 2 is 1.71 bits per heavy atom. The molecule has 0 saturated carbocycles. The maximum atomic E-state index is 12.0. The van der Waals surface area contributed by atoms with Crippen molar-refractivity contribution in [2.24, 2.45) is 0 Å². The second-order valence-electron chi connectivity index (χ2n) is 4.67. The van der Waals surface area contributed by atoms with Gasteiger partial charge in [0, 0.05) is 0 Å². The molecular weight excluding hydrogens is 272 g/mol. The number of carbonyl (C=O) groups is 2. The fraction of sp³-hybridized carbons (Fsp3) is 0.467. The van der Waals surface area contributed by atoms with Gasteiger partial charge < -0.3 is 9.47 Å². The van der Waals surface area contributed by atoms with Crippen molar-refractivity contribution in [1.29, 1.82) is 0 Å². The molecule has 0 N–H and O–H groups in total. The molecule has 1 aromatic rings. The summed E-state index contributed by atoms with van der Waals surface area (Å²) in [4.78, 5) is 23.8. The van der Waals surface area contributed by atoms with E-state index in [2.05, 4.69) is 0 Å². The molecule has 2 amide bonds. The van der Waals surface area contributed by atoms with Gasteiger partial charge in [0.2, 0.25) is 0 Å². The third-order valence-electron chi connectivity index (χ3n) is 3.24. The van der Waals surface area contributed by atoms with Crippen molar-refractivity contribution in [1.82, 2.24) is 10.0 Å². The summed E-state index contributed by atoms with van der Waals surface area (Å²) in [6, 6.07) is 9.75. The molecule has 1 aliphatic rings. The first kappa shape index (κ1) is 15.2. The van der Waals surface area contributed by atoms with Crippen molar-refractivity contribution in [3.63, 3.8) is 0 Å². The van der Waals surface area contributed by atoms with E-state index in [4.69, 9.17) is 9.47 Å². The molecule has 0 aliphatic carbocycles. The van der Waals surface area contributed by atoms with Crippen LogP contribution in [0.15, 0.2) is 30.3 Å². The van der Waals surface area contributed by atoms with E-state index in [0.29, 0.717) is 13.0 Å². The summed E-state index contributed by atoms with van der Waals surface area (Å²) in [5, 5.41) is 2.63. The SMILES string of the molecule is CCOC(=O)N1CC(Cc2ccccc2)N1C(=O)OCC. The number of nitrogens with zero attached hydrogens (tertiary/aromatic N) is 2. The van der Waals surface area contributed by atoms with Crippen molar-refractivity contribution in [3.05, 3.63) is 35.9 Å². The summed E-state index contributed by atoms with van der Waals surface area (Å²) in [6.45, 7) is 4.46. The summed E-state index contributed by atoms with van der Waals surface area (Å²) in [7, 11) is 0. The molecule has 2 rings (SSSR count). The standard InChI is InChI=1S/C15H20N2O4/c1-3-20-14(18)16-11-13(17(16)15(19)21-4-2)10-12-8-6-5-7-9-12/h5-9,13H,3-4,10-11H2,1-2H3. The van der Waals surface area contributed by atoms with Crippen LogP contribution < -0.4 is 0 Å². The Hall–Kier alpha value is -2.24. The van der Waals surface area contributed by atoms with Gasteiger partial charge in [-0.2, -0.15) is 0 Å². The number of benzene rings is 1. The monoisotopic (exact) mass is 292 g/mol. The Labute approximate surface area is 124 Å². The van der Waals surface area contributed by atoms with Crippen LogP contribution in [0.1, 0.15) is 19.4 Å². The molecular formula is C15H20N2O4. The lowest BCUT2D eigenvalue weighted by atomic mass is 10.0. The molecule has 0 spiro atoms.